The van der Waals surface area contributed by atoms with E-state index < -0.39 is 5.91 Å². The van der Waals surface area contributed by atoms with Crippen molar-refractivity contribution in [1.82, 2.24) is 5.32 Å². The Morgan fingerprint density at radius 2 is 1.91 bits per heavy atom. The molecule has 1 N–H and O–H groups in total. The SMILES string of the molecule is COc1cc(/C=C(/C#N)C(=O)N[C@H](C)c2ccccc2)c(Br)cc1OCc1cccc(F)c1. The molecule has 168 valence electrons. The molecule has 7 heteroatoms. The maximum absolute atomic E-state index is 13.4. The van der Waals surface area contributed by atoms with Crippen LogP contribution in [0, 0.1) is 17.1 Å². The van der Waals surface area contributed by atoms with Crippen molar-refractivity contribution >= 4 is 27.9 Å². The van der Waals surface area contributed by atoms with E-state index in [1.165, 1.54) is 25.3 Å². The Morgan fingerprint density at radius 3 is 2.58 bits per heavy atom. The standard InChI is InChI=1S/C26H22BrFN2O3/c1-17(19-8-4-3-5-9-19)30-26(31)21(15-29)12-20-13-24(32-2)25(14-23(20)27)33-16-18-7-6-10-22(28)11-18/h3-14,17H,16H2,1-2H3,(H,30,31)/b21-12-/t17-/m1/s1. The van der Waals surface area contributed by atoms with E-state index in [0.717, 1.165) is 5.56 Å². The van der Waals surface area contributed by atoms with E-state index >= 15 is 0 Å². The summed E-state index contributed by atoms with van der Waals surface area (Å²) >= 11 is 3.46. The van der Waals surface area contributed by atoms with Crippen LogP contribution < -0.4 is 14.8 Å². The number of ether oxygens (including phenoxy) is 2. The molecule has 1 atom stereocenters. The third-order valence-electron chi connectivity index (χ3n) is 4.88. The normalized spacial score (nSPS) is 11.9. The smallest absolute Gasteiger partial charge is 0.262 e. The Labute approximate surface area is 200 Å². The Morgan fingerprint density at radius 1 is 1.15 bits per heavy atom. The summed E-state index contributed by atoms with van der Waals surface area (Å²) in [7, 11) is 1.49. The van der Waals surface area contributed by atoms with Crippen LogP contribution in [-0.4, -0.2) is 13.0 Å². The predicted molar refractivity (Wildman–Crippen MR) is 128 cm³/mol. The second-order valence-electron chi connectivity index (χ2n) is 7.22. The van der Waals surface area contributed by atoms with Crippen LogP contribution in [-0.2, 0) is 11.4 Å². The summed E-state index contributed by atoms with van der Waals surface area (Å²) in [6, 6.07) is 20.7. The minimum Gasteiger partial charge on any atom is -0.493 e. The molecular formula is C26H22BrFN2O3. The van der Waals surface area contributed by atoms with E-state index in [1.807, 2.05) is 43.3 Å². The molecule has 0 aliphatic carbocycles. The topological polar surface area (TPSA) is 71.3 Å². The lowest BCUT2D eigenvalue weighted by Crippen LogP contribution is -2.27. The molecule has 0 radical (unpaired) electrons. The van der Waals surface area contributed by atoms with Gasteiger partial charge in [0.25, 0.3) is 5.91 Å². The minimum atomic E-state index is -0.480. The van der Waals surface area contributed by atoms with Gasteiger partial charge < -0.3 is 14.8 Å². The second kappa shape index (κ2) is 11.3. The molecule has 0 saturated heterocycles. The molecule has 0 saturated carbocycles. The van der Waals surface area contributed by atoms with Crippen molar-refractivity contribution in [2.24, 2.45) is 0 Å². The van der Waals surface area contributed by atoms with Crippen molar-refractivity contribution in [2.45, 2.75) is 19.6 Å². The molecule has 0 unspecified atom stereocenters. The monoisotopic (exact) mass is 508 g/mol. The van der Waals surface area contributed by atoms with Crippen molar-refractivity contribution < 1.29 is 18.7 Å². The van der Waals surface area contributed by atoms with Gasteiger partial charge in [-0.3, -0.25) is 4.79 Å². The summed E-state index contributed by atoms with van der Waals surface area (Å²) in [5.41, 5.74) is 2.14. The number of benzene rings is 3. The Bertz CT molecular complexity index is 1210. The molecule has 5 nitrogen and oxygen atoms in total. The van der Waals surface area contributed by atoms with Crippen molar-refractivity contribution in [3.63, 3.8) is 0 Å². The van der Waals surface area contributed by atoms with Crippen molar-refractivity contribution in [1.29, 1.82) is 5.26 Å². The Kier molecular flexibility index (Phi) is 8.22. The van der Waals surface area contributed by atoms with Crippen molar-refractivity contribution in [3.05, 3.63) is 99.3 Å². The van der Waals surface area contributed by atoms with Crippen molar-refractivity contribution in [3.8, 4) is 17.6 Å². The molecule has 0 aromatic heterocycles. The summed E-state index contributed by atoms with van der Waals surface area (Å²) in [5, 5.41) is 12.4. The molecule has 3 rings (SSSR count). The number of nitriles is 1. The molecule has 0 aliphatic rings. The highest BCUT2D eigenvalue weighted by Gasteiger charge is 2.16. The molecule has 0 heterocycles. The van der Waals surface area contributed by atoms with Gasteiger partial charge in [0.2, 0.25) is 0 Å². The van der Waals surface area contributed by atoms with Gasteiger partial charge in [0.05, 0.1) is 13.2 Å². The highest BCUT2D eigenvalue weighted by atomic mass is 79.9. The molecule has 0 bridgehead atoms. The quantitative estimate of drug-likeness (QED) is 0.301. The first kappa shape index (κ1) is 24.0. The van der Waals surface area contributed by atoms with Gasteiger partial charge in [0.15, 0.2) is 11.5 Å². The molecule has 1 amide bonds. The summed E-state index contributed by atoms with van der Waals surface area (Å²) in [4.78, 5) is 12.7. The molecule has 0 fully saturated rings. The first-order valence-electron chi connectivity index (χ1n) is 10.1. The highest BCUT2D eigenvalue weighted by Crippen LogP contribution is 2.35. The summed E-state index contributed by atoms with van der Waals surface area (Å²) < 4.78 is 25.2. The number of rotatable bonds is 8. The zero-order valence-electron chi connectivity index (χ0n) is 18.1. The van der Waals surface area contributed by atoms with Gasteiger partial charge in [-0.1, -0.05) is 58.4 Å². The van der Waals surface area contributed by atoms with E-state index in [0.29, 0.717) is 27.1 Å². The van der Waals surface area contributed by atoms with E-state index in [2.05, 4.69) is 21.2 Å². The van der Waals surface area contributed by atoms with E-state index in [-0.39, 0.29) is 24.0 Å². The number of methoxy groups -OCH3 is 1. The van der Waals surface area contributed by atoms with Gasteiger partial charge in [-0.05, 0) is 54.0 Å². The molecule has 3 aromatic carbocycles. The first-order chi connectivity index (χ1) is 15.9. The van der Waals surface area contributed by atoms with Gasteiger partial charge in [0, 0.05) is 4.47 Å². The Hall–Kier alpha value is -3.63. The number of nitrogens with one attached hydrogen (secondary N) is 1. The van der Waals surface area contributed by atoms with E-state index in [9.17, 15) is 14.4 Å². The average Bonchev–Trinajstić information content (AvgIpc) is 2.82. The van der Waals surface area contributed by atoms with Gasteiger partial charge in [0.1, 0.15) is 24.1 Å². The van der Waals surface area contributed by atoms with Crippen LogP contribution in [0.3, 0.4) is 0 Å². The third-order valence-corrected chi connectivity index (χ3v) is 5.57. The number of carbonyl (C=O) groups is 1. The van der Waals surface area contributed by atoms with E-state index in [1.54, 1.807) is 24.3 Å². The fourth-order valence-corrected chi connectivity index (χ4v) is 3.56. The highest BCUT2D eigenvalue weighted by molar-refractivity contribution is 9.10. The zero-order chi connectivity index (χ0) is 23.8. The van der Waals surface area contributed by atoms with Crippen LogP contribution in [0.4, 0.5) is 4.39 Å². The summed E-state index contributed by atoms with van der Waals surface area (Å²) in [5.74, 6) is 0.0300. The largest absolute Gasteiger partial charge is 0.493 e. The lowest BCUT2D eigenvalue weighted by atomic mass is 10.1. The lowest BCUT2D eigenvalue weighted by molar-refractivity contribution is -0.117. The fourth-order valence-electron chi connectivity index (χ4n) is 3.13. The van der Waals surface area contributed by atoms with Crippen LogP contribution in [0.15, 0.2) is 76.8 Å². The van der Waals surface area contributed by atoms with Crippen LogP contribution in [0.5, 0.6) is 11.5 Å². The average molecular weight is 509 g/mol. The number of carbonyl (C=O) groups excluding carboxylic acids is 1. The minimum absolute atomic E-state index is 0.0473. The van der Waals surface area contributed by atoms with Crippen LogP contribution in [0.1, 0.15) is 29.7 Å². The zero-order valence-corrected chi connectivity index (χ0v) is 19.7. The molecular weight excluding hydrogens is 487 g/mol. The number of amides is 1. The summed E-state index contributed by atoms with van der Waals surface area (Å²) in [6.07, 6.45) is 1.48. The van der Waals surface area contributed by atoms with Gasteiger partial charge in [-0.25, -0.2) is 4.39 Å². The van der Waals surface area contributed by atoms with Crippen molar-refractivity contribution in [2.75, 3.05) is 7.11 Å². The van der Waals surface area contributed by atoms with Gasteiger partial charge in [-0.2, -0.15) is 5.26 Å². The lowest BCUT2D eigenvalue weighted by Gasteiger charge is -2.15. The fraction of sp³-hybridized carbons (Fsp3) is 0.154. The maximum atomic E-state index is 13.4. The molecule has 0 spiro atoms. The molecule has 33 heavy (non-hydrogen) atoms. The molecule has 0 aliphatic heterocycles. The number of hydrogen-bond donors (Lipinski definition) is 1. The number of nitrogens with zero attached hydrogens (tertiary/aromatic N) is 1. The van der Waals surface area contributed by atoms with E-state index in [4.69, 9.17) is 9.47 Å². The predicted octanol–water partition coefficient (Wildman–Crippen LogP) is 5.96. The first-order valence-corrected chi connectivity index (χ1v) is 10.9. The Balaban J connectivity index is 1.79. The van der Waals surface area contributed by atoms with Crippen LogP contribution in [0.2, 0.25) is 0 Å². The maximum Gasteiger partial charge on any atom is 0.262 e. The summed E-state index contributed by atoms with van der Waals surface area (Å²) in [6.45, 7) is 2.00. The third kappa shape index (κ3) is 6.43. The molecule has 3 aromatic rings. The van der Waals surface area contributed by atoms with Gasteiger partial charge >= 0.3 is 0 Å². The van der Waals surface area contributed by atoms with Crippen LogP contribution >= 0.6 is 15.9 Å². The second-order valence-corrected chi connectivity index (χ2v) is 8.07. The number of hydrogen-bond acceptors (Lipinski definition) is 4. The van der Waals surface area contributed by atoms with Crippen LogP contribution in [0.25, 0.3) is 6.08 Å². The van der Waals surface area contributed by atoms with Gasteiger partial charge in [-0.15, -0.1) is 0 Å². The number of halogens is 2.